The van der Waals surface area contributed by atoms with Crippen molar-refractivity contribution in [2.24, 2.45) is 0 Å². The minimum Gasteiger partial charge on any atom is -0.346 e. The molecule has 28 heavy (non-hydrogen) atoms. The molecule has 2 N–H and O–H groups in total. The van der Waals surface area contributed by atoms with Crippen LogP contribution >= 0.6 is 0 Å². The van der Waals surface area contributed by atoms with Crippen LogP contribution in [0.3, 0.4) is 0 Å². The number of rotatable bonds is 4. The summed E-state index contributed by atoms with van der Waals surface area (Å²) in [5.74, 6) is -2.99. The zero-order valence-electron chi connectivity index (χ0n) is 14.6. The third-order valence-corrected chi connectivity index (χ3v) is 4.26. The first-order chi connectivity index (χ1) is 13.4. The lowest BCUT2D eigenvalue weighted by molar-refractivity contribution is 0.506. The number of nitrogens with zero attached hydrogens (tertiary/aromatic N) is 3. The standard InChI is InChI=1S/C19H14F3N5O/c1-10-16(7-12-4-5-23-17(12)24-10)25-19-26-18(28)15(22)9-27(19)8-11-2-3-13(20)14(21)6-11/h2-7,9H,8H2,1H3,(H,23,24)(H,25,26,28). The summed E-state index contributed by atoms with van der Waals surface area (Å²) in [6.07, 6.45) is 2.71. The molecule has 4 rings (SSSR count). The van der Waals surface area contributed by atoms with E-state index in [0.29, 0.717) is 22.6 Å². The van der Waals surface area contributed by atoms with E-state index in [0.717, 1.165) is 23.7 Å². The van der Waals surface area contributed by atoms with Gasteiger partial charge in [0, 0.05) is 17.8 Å². The third-order valence-electron chi connectivity index (χ3n) is 4.26. The van der Waals surface area contributed by atoms with Crippen molar-refractivity contribution in [2.45, 2.75) is 13.5 Å². The lowest BCUT2D eigenvalue weighted by Gasteiger charge is -2.15. The summed E-state index contributed by atoms with van der Waals surface area (Å²) in [4.78, 5) is 22.9. The van der Waals surface area contributed by atoms with Gasteiger partial charge in [-0.2, -0.15) is 9.37 Å². The number of aryl methyl sites for hydroxylation is 1. The number of nitrogens with one attached hydrogen (secondary N) is 2. The van der Waals surface area contributed by atoms with Gasteiger partial charge in [-0.05, 0) is 36.8 Å². The molecular weight excluding hydrogens is 371 g/mol. The van der Waals surface area contributed by atoms with Crippen LogP contribution in [0, 0.1) is 24.4 Å². The van der Waals surface area contributed by atoms with Gasteiger partial charge in [0.1, 0.15) is 5.65 Å². The van der Waals surface area contributed by atoms with E-state index in [1.54, 1.807) is 13.1 Å². The summed E-state index contributed by atoms with van der Waals surface area (Å²) >= 11 is 0. The Hall–Kier alpha value is -3.62. The number of H-pyrrole nitrogens is 1. The molecule has 0 bridgehead atoms. The normalized spacial score (nSPS) is 11.1. The van der Waals surface area contributed by atoms with Gasteiger partial charge in [0.25, 0.3) is 0 Å². The molecule has 0 unspecified atom stereocenters. The van der Waals surface area contributed by atoms with Crippen molar-refractivity contribution in [3.05, 3.63) is 81.8 Å². The second-order valence-electron chi connectivity index (χ2n) is 6.26. The zero-order chi connectivity index (χ0) is 19.8. The molecule has 0 aliphatic carbocycles. The first-order valence-corrected chi connectivity index (χ1v) is 8.33. The molecule has 0 fully saturated rings. The molecule has 0 spiro atoms. The smallest absolute Gasteiger partial charge is 0.310 e. The van der Waals surface area contributed by atoms with Crippen LogP contribution in [-0.2, 0) is 6.54 Å². The second kappa shape index (κ2) is 6.84. The van der Waals surface area contributed by atoms with Crippen LogP contribution in [0.2, 0.25) is 0 Å². The number of fused-ring (bicyclic) bond motifs is 1. The Bertz CT molecular complexity index is 1250. The summed E-state index contributed by atoms with van der Waals surface area (Å²) in [6, 6.07) is 7.01. The van der Waals surface area contributed by atoms with Crippen molar-refractivity contribution >= 4 is 22.7 Å². The summed E-state index contributed by atoms with van der Waals surface area (Å²) in [5, 5.41) is 3.82. The first-order valence-electron chi connectivity index (χ1n) is 8.33. The average Bonchev–Trinajstić information content (AvgIpc) is 3.09. The quantitative estimate of drug-likeness (QED) is 0.563. The Balaban J connectivity index is 1.74. The topological polar surface area (TPSA) is 75.6 Å². The number of halogens is 3. The van der Waals surface area contributed by atoms with Crippen LogP contribution in [-0.4, -0.2) is 19.5 Å². The van der Waals surface area contributed by atoms with E-state index in [-0.39, 0.29) is 12.5 Å². The molecule has 0 aliphatic heterocycles. The Labute approximate surface area is 156 Å². The summed E-state index contributed by atoms with van der Waals surface area (Å²) in [7, 11) is 0. The molecule has 9 heteroatoms. The van der Waals surface area contributed by atoms with E-state index >= 15 is 0 Å². The summed E-state index contributed by atoms with van der Waals surface area (Å²) in [5.41, 5.74) is 1.26. The van der Waals surface area contributed by atoms with Gasteiger partial charge in [-0.1, -0.05) is 6.07 Å². The van der Waals surface area contributed by atoms with Crippen LogP contribution in [0.1, 0.15) is 11.3 Å². The van der Waals surface area contributed by atoms with Crippen LogP contribution in [0.25, 0.3) is 11.0 Å². The van der Waals surface area contributed by atoms with E-state index in [2.05, 4.69) is 20.3 Å². The van der Waals surface area contributed by atoms with Gasteiger partial charge in [-0.15, -0.1) is 0 Å². The molecule has 142 valence electrons. The van der Waals surface area contributed by atoms with Gasteiger partial charge in [0.2, 0.25) is 11.8 Å². The minimum atomic E-state index is -1.05. The lowest BCUT2D eigenvalue weighted by Crippen LogP contribution is -2.20. The molecule has 4 aromatic rings. The molecular formula is C19H14F3N5O. The zero-order valence-corrected chi connectivity index (χ0v) is 14.6. The maximum Gasteiger partial charge on any atom is 0.310 e. The number of hydrogen-bond acceptors (Lipinski definition) is 4. The molecule has 0 saturated carbocycles. The molecule has 1 aromatic carbocycles. The fourth-order valence-electron chi connectivity index (χ4n) is 2.84. The molecule has 3 aromatic heterocycles. The highest BCUT2D eigenvalue weighted by atomic mass is 19.2. The summed E-state index contributed by atoms with van der Waals surface area (Å²) in [6.45, 7) is 1.74. The molecule has 0 amide bonds. The fourth-order valence-corrected chi connectivity index (χ4v) is 2.84. The van der Waals surface area contributed by atoms with Crippen LogP contribution < -0.4 is 10.9 Å². The van der Waals surface area contributed by atoms with Crippen LogP contribution in [0.5, 0.6) is 0 Å². The molecule has 6 nitrogen and oxygen atoms in total. The summed E-state index contributed by atoms with van der Waals surface area (Å²) < 4.78 is 41.8. The largest absolute Gasteiger partial charge is 0.346 e. The number of benzene rings is 1. The fraction of sp³-hybridized carbons (Fsp3) is 0.105. The van der Waals surface area contributed by atoms with Crippen molar-refractivity contribution in [1.82, 2.24) is 19.5 Å². The lowest BCUT2D eigenvalue weighted by atomic mass is 10.2. The van der Waals surface area contributed by atoms with Gasteiger partial charge in [-0.3, -0.25) is 4.79 Å². The first kappa shape index (κ1) is 17.8. The van der Waals surface area contributed by atoms with Crippen LogP contribution in [0.4, 0.5) is 24.8 Å². The predicted octanol–water partition coefficient (Wildman–Crippen LogP) is 3.64. The molecule has 3 heterocycles. The molecule has 0 atom stereocenters. The number of aromatic nitrogens is 4. The maximum atomic E-state index is 13.8. The minimum absolute atomic E-state index is 0.0252. The van der Waals surface area contributed by atoms with E-state index in [4.69, 9.17) is 0 Å². The van der Waals surface area contributed by atoms with E-state index in [1.807, 2.05) is 12.1 Å². The molecule has 0 saturated heterocycles. The molecule has 0 radical (unpaired) electrons. The van der Waals surface area contributed by atoms with E-state index in [1.165, 1.54) is 10.6 Å². The number of hydrogen-bond donors (Lipinski definition) is 2. The van der Waals surface area contributed by atoms with E-state index in [9.17, 15) is 18.0 Å². The predicted molar refractivity (Wildman–Crippen MR) is 98.0 cm³/mol. The molecule has 0 aliphatic rings. The third kappa shape index (κ3) is 3.34. The van der Waals surface area contributed by atoms with Crippen molar-refractivity contribution in [3.63, 3.8) is 0 Å². The van der Waals surface area contributed by atoms with Gasteiger partial charge in [0.05, 0.1) is 17.9 Å². The average molecular weight is 385 g/mol. The van der Waals surface area contributed by atoms with Gasteiger partial charge < -0.3 is 14.9 Å². The van der Waals surface area contributed by atoms with Crippen molar-refractivity contribution < 1.29 is 13.2 Å². The van der Waals surface area contributed by atoms with Gasteiger partial charge in [0.15, 0.2) is 11.6 Å². The monoisotopic (exact) mass is 385 g/mol. The number of aromatic amines is 1. The van der Waals surface area contributed by atoms with Crippen molar-refractivity contribution in [1.29, 1.82) is 0 Å². The Morgan fingerprint density at radius 3 is 2.68 bits per heavy atom. The Kier molecular flexibility index (Phi) is 4.34. The Morgan fingerprint density at radius 2 is 1.89 bits per heavy atom. The van der Waals surface area contributed by atoms with Crippen LogP contribution in [0.15, 0.2) is 47.5 Å². The van der Waals surface area contributed by atoms with Crippen molar-refractivity contribution in [3.8, 4) is 0 Å². The Morgan fingerprint density at radius 1 is 1.07 bits per heavy atom. The second-order valence-corrected chi connectivity index (χ2v) is 6.26. The SMILES string of the molecule is Cc1nc2[nH]ccc2cc1Nc1nc(=O)c(F)cn1Cc1ccc(F)c(F)c1. The maximum absolute atomic E-state index is 13.8. The number of anilines is 2. The highest BCUT2D eigenvalue weighted by molar-refractivity contribution is 5.81. The van der Waals surface area contributed by atoms with E-state index < -0.39 is 23.0 Å². The highest BCUT2D eigenvalue weighted by Gasteiger charge is 2.13. The number of pyridine rings is 1. The van der Waals surface area contributed by atoms with Gasteiger partial charge in [-0.25, -0.2) is 13.8 Å². The van der Waals surface area contributed by atoms with Gasteiger partial charge >= 0.3 is 5.56 Å². The highest BCUT2D eigenvalue weighted by Crippen LogP contribution is 2.23. The van der Waals surface area contributed by atoms with Crippen molar-refractivity contribution in [2.75, 3.05) is 5.32 Å².